The lowest BCUT2D eigenvalue weighted by atomic mass is 11.2. The van der Waals surface area contributed by atoms with Crippen LogP contribution in [0.15, 0.2) is 0 Å². The minimum absolute atomic E-state index is 0.166. The molecule has 38 valence electrons. The Kier molecular flexibility index (Phi) is 4.71. The van der Waals surface area contributed by atoms with Crippen LogP contribution in [0.4, 0.5) is 0 Å². The molecule has 0 amide bonds. The summed E-state index contributed by atoms with van der Waals surface area (Å²) in [5, 5.41) is 15.8. The highest BCUT2D eigenvalue weighted by Gasteiger charge is 1.69. The summed E-state index contributed by atoms with van der Waals surface area (Å²) in [7, 11) is 0. The van der Waals surface area contributed by atoms with E-state index in [1.54, 1.807) is 0 Å². The highest BCUT2D eigenvalue weighted by Crippen LogP contribution is 1.35. The van der Waals surface area contributed by atoms with Crippen molar-refractivity contribution >= 4 is 0 Å². The second-order valence-electron chi connectivity index (χ2n) is 0.670. The maximum atomic E-state index is 7.91. The van der Waals surface area contributed by atoms with Gasteiger partial charge in [0.15, 0.2) is 0 Å². The Balaban J connectivity index is 2.34. The summed E-state index contributed by atoms with van der Waals surface area (Å²) in [6, 6.07) is 0. The molecule has 0 aliphatic rings. The number of hydrogen-bond acceptors (Lipinski definition) is 4. The van der Waals surface area contributed by atoms with Crippen LogP contribution in [0.25, 0.3) is 0 Å². The first-order valence-corrected chi connectivity index (χ1v) is 1.59. The van der Waals surface area contributed by atoms with E-state index in [1.165, 1.54) is 0 Å². The van der Waals surface area contributed by atoms with E-state index in [0.717, 1.165) is 0 Å². The van der Waals surface area contributed by atoms with Crippen LogP contribution in [0.2, 0.25) is 0 Å². The molecule has 0 saturated carbocycles. The highest BCUT2D eigenvalue weighted by molar-refractivity contribution is 4.12. The Bertz CT molecular complexity index is 21.5. The molecular weight excluding hydrogens is 84.0 g/mol. The van der Waals surface area contributed by atoms with Crippen LogP contribution in [-0.4, -0.2) is 23.7 Å². The first-order valence-electron chi connectivity index (χ1n) is 1.59. The fourth-order valence-corrected chi connectivity index (χ4v) is 0.112. The van der Waals surface area contributed by atoms with Gasteiger partial charge in [-0.15, -0.1) is 0 Å². The van der Waals surface area contributed by atoms with E-state index in [9.17, 15) is 0 Å². The van der Waals surface area contributed by atoms with Gasteiger partial charge in [-0.25, -0.2) is 10.9 Å². The van der Waals surface area contributed by atoms with Gasteiger partial charge in [-0.3, -0.25) is 0 Å². The maximum absolute atomic E-state index is 7.91. The van der Waals surface area contributed by atoms with Crippen LogP contribution in [0.1, 0.15) is 0 Å². The van der Waals surface area contributed by atoms with Crippen molar-refractivity contribution in [2.24, 2.45) is 0 Å². The zero-order valence-corrected chi connectivity index (χ0v) is 3.31. The molecule has 0 bridgehead atoms. The Morgan fingerprint density at radius 2 is 1.33 bits per heavy atom. The van der Waals surface area contributed by atoms with E-state index in [4.69, 9.17) is 10.2 Å². The number of hydrogen-bond donors (Lipinski definition) is 4. The molecule has 0 unspecified atom stereocenters. The van der Waals surface area contributed by atoms with Crippen molar-refractivity contribution in [3.63, 3.8) is 0 Å². The third kappa shape index (κ3) is 3.84. The van der Waals surface area contributed by atoms with E-state index >= 15 is 0 Å². The van der Waals surface area contributed by atoms with Crippen LogP contribution < -0.4 is 10.9 Å². The maximum Gasteiger partial charge on any atom is 0.106 e. The molecule has 0 atom stereocenters. The second-order valence-corrected chi connectivity index (χ2v) is 0.670. The van der Waals surface area contributed by atoms with Crippen molar-refractivity contribution in [3.8, 4) is 0 Å². The standard InChI is InChI=1S/C2H8N2O2/c5-1-3-4-2-6/h3-6H,1-2H2. The average Bonchev–Trinajstić information content (AvgIpc) is 1.61. The Labute approximate surface area is 35.8 Å². The molecule has 0 spiro atoms. The van der Waals surface area contributed by atoms with Crippen molar-refractivity contribution < 1.29 is 10.2 Å². The number of aliphatic hydroxyl groups is 2. The normalized spacial score (nSPS) is 9.00. The summed E-state index contributed by atoms with van der Waals surface area (Å²) in [6.45, 7) is -0.332. The molecule has 0 rings (SSSR count). The lowest BCUT2D eigenvalue weighted by Gasteiger charge is -1.94. The molecule has 0 aromatic rings. The van der Waals surface area contributed by atoms with Crippen LogP contribution in [-0.2, 0) is 0 Å². The molecule has 0 aliphatic heterocycles. The number of nitrogens with one attached hydrogen (secondary N) is 2. The summed E-state index contributed by atoms with van der Waals surface area (Å²) >= 11 is 0. The van der Waals surface area contributed by atoms with Crippen LogP contribution >= 0.6 is 0 Å². The van der Waals surface area contributed by atoms with Crippen LogP contribution in [0.5, 0.6) is 0 Å². The highest BCUT2D eigenvalue weighted by atomic mass is 16.3. The smallest absolute Gasteiger partial charge is 0.106 e. The van der Waals surface area contributed by atoms with Crippen molar-refractivity contribution in [2.75, 3.05) is 13.5 Å². The van der Waals surface area contributed by atoms with Crippen molar-refractivity contribution in [2.45, 2.75) is 0 Å². The van der Waals surface area contributed by atoms with Crippen molar-refractivity contribution in [1.82, 2.24) is 10.9 Å². The number of aliphatic hydroxyl groups excluding tert-OH is 2. The Morgan fingerprint density at radius 3 is 1.50 bits per heavy atom. The molecule has 4 nitrogen and oxygen atoms in total. The summed E-state index contributed by atoms with van der Waals surface area (Å²) in [6.07, 6.45) is 0. The minimum Gasteiger partial charge on any atom is -0.380 e. The largest absolute Gasteiger partial charge is 0.380 e. The van der Waals surface area contributed by atoms with Crippen LogP contribution in [0, 0.1) is 0 Å². The predicted octanol–water partition coefficient (Wildman–Crippen LogP) is -2.02. The van der Waals surface area contributed by atoms with E-state index in [-0.39, 0.29) is 13.5 Å². The third-order valence-corrected chi connectivity index (χ3v) is 0.283. The molecule has 0 aliphatic carbocycles. The molecule has 0 aromatic carbocycles. The van der Waals surface area contributed by atoms with Crippen molar-refractivity contribution in [3.05, 3.63) is 0 Å². The van der Waals surface area contributed by atoms with Gasteiger partial charge in [0.25, 0.3) is 0 Å². The van der Waals surface area contributed by atoms with E-state index in [1.807, 2.05) is 0 Å². The van der Waals surface area contributed by atoms with E-state index in [2.05, 4.69) is 10.9 Å². The molecule has 0 heterocycles. The molecule has 0 fully saturated rings. The second kappa shape index (κ2) is 4.84. The first-order chi connectivity index (χ1) is 2.91. The lowest BCUT2D eigenvalue weighted by Crippen LogP contribution is -2.32. The van der Waals surface area contributed by atoms with Gasteiger partial charge in [-0.05, 0) is 0 Å². The zero-order valence-electron chi connectivity index (χ0n) is 3.31. The van der Waals surface area contributed by atoms with Gasteiger partial charge in [0, 0.05) is 0 Å². The molecule has 0 aromatic heterocycles. The minimum atomic E-state index is -0.166. The SMILES string of the molecule is OCNNCO. The fourth-order valence-electron chi connectivity index (χ4n) is 0.112. The lowest BCUT2D eigenvalue weighted by molar-refractivity contribution is 0.183. The first kappa shape index (κ1) is 5.84. The van der Waals surface area contributed by atoms with Gasteiger partial charge in [0.1, 0.15) is 13.5 Å². The molecule has 4 heteroatoms. The Morgan fingerprint density at radius 1 is 1.00 bits per heavy atom. The summed E-state index contributed by atoms with van der Waals surface area (Å²) in [5.74, 6) is 0. The van der Waals surface area contributed by atoms with Gasteiger partial charge in [0.2, 0.25) is 0 Å². The van der Waals surface area contributed by atoms with E-state index in [0.29, 0.717) is 0 Å². The molecule has 0 radical (unpaired) electrons. The monoisotopic (exact) mass is 92.1 g/mol. The van der Waals surface area contributed by atoms with Gasteiger partial charge >= 0.3 is 0 Å². The number of hydrazine groups is 1. The third-order valence-electron chi connectivity index (χ3n) is 0.283. The van der Waals surface area contributed by atoms with E-state index < -0.39 is 0 Å². The average molecular weight is 92.1 g/mol. The van der Waals surface area contributed by atoms with Crippen LogP contribution in [0.3, 0.4) is 0 Å². The topological polar surface area (TPSA) is 64.5 Å². The van der Waals surface area contributed by atoms with Gasteiger partial charge in [-0.1, -0.05) is 0 Å². The summed E-state index contributed by atoms with van der Waals surface area (Å²) in [5.41, 5.74) is 4.51. The van der Waals surface area contributed by atoms with Gasteiger partial charge in [0.05, 0.1) is 0 Å². The summed E-state index contributed by atoms with van der Waals surface area (Å²) in [4.78, 5) is 0. The fraction of sp³-hybridized carbons (Fsp3) is 1.00. The molecule has 6 heavy (non-hydrogen) atoms. The summed E-state index contributed by atoms with van der Waals surface area (Å²) < 4.78 is 0. The number of rotatable bonds is 3. The van der Waals surface area contributed by atoms with Crippen molar-refractivity contribution in [1.29, 1.82) is 0 Å². The zero-order chi connectivity index (χ0) is 4.83. The predicted molar refractivity (Wildman–Crippen MR) is 20.4 cm³/mol. The molecule has 4 N–H and O–H groups in total. The van der Waals surface area contributed by atoms with Gasteiger partial charge < -0.3 is 10.2 Å². The molecular formula is C2H8N2O2. The molecule has 0 saturated heterocycles. The Hall–Kier alpha value is -0.160. The van der Waals surface area contributed by atoms with Gasteiger partial charge in [-0.2, -0.15) is 0 Å². The quantitative estimate of drug-likeness (QED) is 0.184.